The largest absolute Gasteiger partial charge is 0.478 e. The molecule has 0 aromatic carbocycles. The maximum absolute atomic E-state index is 12.2. The number of hydrogen-bond donors (Lipinski definition) is 2. The fourth-order valence-electron chi connectivity index (χ4n) is 1.76. The average molecular weight is 276 g/mol. The number of nitrogens with two attached hydrogens (primary N) is 1. The fraction of sp³-hybridized carbons (Fsp3) is 0.154. The third-order valence-corrected chi connectivity index (χ3v) is 3.81. The minimum absolute atomic E-state index is 0.104. The van der Waals surface area contributed by atoms with Crippen molar-refractivity contribution >= 4 is 28.9 Å². The van der Waals surface area contributed by atoms with Crippen molar-refractivity contribution in [3.63, 3.8) is 0 Å². The number of ketones is 1. The second-order valence-corrected chi connectivity index (χ2v) is 5.05. The Balaban J connectivity index is 2.37. The van der Waals surface area contributed by atoms with Crippen molar-refractivity contribution in [2.75, 3.05) is 5.73 Å². The zero-order valence-corrected chi connectivity index (χ0v) is 11.0. The van der Waals surface area contributed by atoms with Crippen LogP contribution in [0.1, 0.15) is 31.2 Å². The second kappa shape index (κ2) is 5.19. The molecule has 0 unspecified atom stereocenters. The van der Waals surface area contributed by atoms with Gasteiger partial charge in [-0.3, -0.25) is 4.79 Å². The molecule has 0 fully saturated rings. The number of nitrogen functional groups attached to an aromatic ring is 1. The Morgan fingerprint density at radius 2 is 2.16 bits per heavy atom. The summed E-state index contributed by atoms with van der Waals surface area (Å²) in [6, 6.07) is 3.32. The van der Waals surface area contributed by atoms with Crippen LogP contribution in [0.4, 0.5) is 5.82 Å². The number of aromatic nitrogens is 1. The Morgan fingerprint density at radius 1 is 1.42 bits per heavy atom. The predicted molar refractivity (Wildman–Crippen MR) is 72.7 cm³/mol. The van der Waals surface area contributed by atoms with Gasteiger partial charge in [-0.2, -0.15) is 0 Å². The predicted octanol–water partition coefficient (Wildman–Crippen LogP) is 2.16. The van der Waals surface area contributed by atoms with Gasteiger partial charge >= 0.3 is 5.97 Å². The van der Waals surface area contributed by atoms with E-state index in [0.717, 1.165) is 10.4 Å². The van der Waals surface area contributed by atoms with E-state index in [9.17, 15) is 9.59 Å². The second-order valence-electron chi connectivity index (χ2n) is 4.05. The van der Waals surface area contributed by atoms with Crippen LogP contribution < -0.4 is 5.73 Å². The van der Waals surface area contributed by atoms with Crippen molar-refractivity contribution in [2.45, 2.75) is 13.3 Å². The SMILES string of the molecule is Cc1ccsc1CC(=O)c1ccnc(N)c1C(=O)O. The molecule has 19 heavy (non-hydrogen) atoms. The monoisotopic (exact) mass is 276 g/mol. The molecule has 3 N–H and O–H groups in total. The molecule has 0 atom stereocenters. The van der Waals surface area contributed by atoms with Crippen LogP contribution in [0, 0.1) is 6.92 Å². The highest BCUT2D eigenvalue weighted by atomic mass is 32.1. The number of carboxylic acid groups (broad SMARTS) is 1. The van der Waals surface area contributed by atoms with Crippen molar-refractivity contribution in [3.8, 4) is 0 Å². The number of thiophene rings is 1. The van der Waals surface area contributed by atoms with E-state index in [-0.39, 0.29) is 29.1 Å². The highest BCUT2D eigenvalue weighted by Crippen LogP contribution is 2.21. The van der Waals surface area contributed by atoms with Crippen LogP contribution in [-0.2, 0) is 6.42 Å². The van der Waals surface area contributed by atoms with Gasteiger partial charge < -0.3 is 10.8 Å². The lowest BCUT2D eigenvalue weighted by Gasteiger charge is -2.06. The number of hydrogen-bond acceptors (Lipinski definition) is 5. The molecule has 0 saturated heterocycles. The van der Waals surface area contributed by atoms with E-state index in [1.54, 1.807) is 0 Å². The van der Waals surface area contributed by atoms with Gasteiger partial charge in [0.2, 0.25) is 0 Å². The molecule has 2 aromatic heterocycles. The normalized spacial score (nSPS) is 10.4. The topological polar surface area (TPSA) is 93.3 Å². The first kappa shape index (κ1) is 13.2. The number of carbonyl (C=O) groups excluding carboxylic acids is 1. The maximum Gasteiger partial charge on any atom is 0.340 e. The molecular formula is C13H12N2O3S. The summed E-state index contributed by atoms with van der Waals surface area (Å²) in [4.78, 5) is 28.0. The summed E-state index contributed by atoms with van der Waals surface area (Å²) >= 11 is 1.48. The number of aromatic carboxylic acids is 1. The zero-order valence-electron chi connectivity index (χ0n) is 10.2. The zero-order chi connectivity index (χ0) is 14.0. The van der Waals surface area contributed by atoms with Gasteiger partial charge in [-0.05, 0) is 30.0 Å². The maximum atomic E-state index is 12.2. The molecule has 5 nitrogen and oxygen atoms in total. The van der Waals surface area contributed by atoms with Crippen molar-refractivity contribution in [1.82, 2.24) is 4.98 Å². The van der Waals surface area contributed by atoms with Gasteiger partial charge in [-0.15, -0.1) is 11.3 Å². The number of nitrogens with zero attached hydrogens (tertiary/aromatic N) is 1. The lowest BCUT2D eigenvalue weighted by molar-refractivity contribution is 0.0693. The van der Waals surface area contributed by atoms with Crippen molar-refractivity contribution in [3.05, 3.63) is 45.3 Å². The van der Waals surface area contributed by atoms with E-state index in [2.05, 4.69) is 4.98 Å². The van der Waals surface area contributed by atoms with Crippen LogP contribution in [0.2, 0.25) is 0 Å². The Bertz CT molecular complexity index is 649. The number of carbonyl (C=O) groups is 2. The molecule has 0 aliphatic carbocycles. The highest BCUT2D eigenvalue weighted by molar-refractivity contribution is 7.10. The molecule has 6 heteroatoms. The standard InChI is InChI=1S/C13H12N2O3S/c1-7-3-5-19-10(7)6-9(16)8-2-4-15-12(14)11(8)13(17)18/h2-5H,6H2,1H3,(H2,14,15)(H,17,18). The lowest BCUT2D eigenvalue weighted by Crippen LogP contribution is -2.14. The van der Waals surface area contributed by atoms with E-state index < -0.39 is 5.97 Å². The van der Waals surface area contributed by atoms with E-state index in [0.29, 0.717) is 0 Å². The molecule has 98 valence electrons. The fourth-order valence-corrected chi connectivity index (χ4v) is 2.67. The van der Waals surface area contributed by atoms with Gasteiger partial charge in [-0.25, -0.2) is 9.78 Å². The number of carboxylic acids is 1. The first-order valence-electron chi connectivity index (χ1n) is 5.54. The Hall–Kier alpha value is -2.21. The molecule has 2 heterocycles. The number of pyridine rings is 1. The highest BCUT2D eigenvalue weighted by Gasteiger charge is 2.20. The van der Waals surface area contributed by atoms with Crippen molar-refractivity contribution < 1.29 is 14.7 Å². The number of anilines is 1. The van der Waals surface area contributed by atoms with E-state index in [1.807, 2.05) is 18.4 Å². The van der Waals surface area contributed by atoms with Crippen molar-refractivity contribution in [1.29, 1.82) is 0 Å². The van der Waals surface area contributed by atoms with Gasteiger partial charge in [0.1, 0.15) is 11.4 Å². The molecule has 2 aromatic rings. The van der Waals surface area contributed by atoms with Gasteiger partial charge in [-0.1, -0.05) is 0 Å². The molecule has 2 rings (SSSR count). The Kier molecular flexibility index (Phi) is 3.62. The van der Waals surface area contributed by atoms with E-state index in [1.165, 1.54) is 23.6 Å². The summed E-state index contributed by atoms with van der Waals surface area (Å²) in [5.41, 5.74) is 6.43. The van der Waals surface area contributed by atoms with Gasteiger partial charge in [0.25, 0.3) is 0 Å². The van der Waals surface area contributed by atoms with Gasteiger partial charge in [0, 0.05) is 23.1 Å². The van der Waals surface area contributed by atoms with Crippen LogP contribution >= 0.6 is 11.3 Å². The first-order valence-corrected chi connectivity index (χ1v) is 6.42. The third-order valence-electron chi connectivity index (χ3n) is 2.78. The molecule has 0 radical (unpaired) electrons. The lowest BCUT2D eigenvalue weighted by atomic mass is 10.0. The number of aryl methyl sites for hydroxylation is 1. The molecule has 0 aliphatic heterocycles. The summed E-state index contributed by atoms with van der Waals surface area (Å²) in [6.07, 6.45) is 1.52. The molecule has 0 bridgehead atoms. The number of Topliss-reactive ketones (excluding diaryl/α,β-unsaturated/α-hetero) is 1. The molecular weight excluding hydrogens is 264 g/mol. The summed E-state index contributed by atoms with van der Waals surface area (Å²) in [5, 5.41) is 11.0. The van der Waals surface area contributed by atoms with E-state index in [4.69, 9.17) is 10.8 Å². The first-order chi connectivity index (χ1) is 9.00. The molecule has 0 spiro atoms. The minimum atomic E-state index is -1.24. The summed E-state index contributed by atoms with van der Waals surface area (Å²) in [7, 11) is 0. The summed E-state index contributed by atoms with van der Waals surface area (Å²) < 4.78 is 0. The number of rotatable bonds is 4. The smallest absolute Gasteiger partial charge is 0.340 e. The van der Waals surface area contributed by atoms with Crippen LogP contribution in [0.25, 0.3) is 0 Å². The molecule has 0 aliphatic rings. The third kappa shape index (κ3) is 2.63. The summed E-state index contributed by atoms with van der Waals surface area (Å²) in [6.45, 7) is 1.91. The van der Waals surface area contributed by atoms with E-state index >= 15 is 0 Å². The van der Waals surface area contributed by atoms with Gasteiger partial charge in [0.15, 0.2) is 5.78 Å². The van der Waals surface area contributed by atoms with Crippen LogP contribution in [-0.4, -0.2) is 21.8 Å². The summed E-state index contributed by atoms with van der Waals surface area (Å²) in [5.74, 6) is -1.64. The van der Waals surface area contributed by atoms with Crippen LogP contribution in [0.15, 0.2) is 23.7 Å². The van der Waals surface area contributed by atoms with Gasteiger partial charge in [0.05, 0.1) is 0 Å². The molecule has 0 saturated carbocycles. The molecule has 0 amide bonds. The van der Waals surface area contributed by atoms with Crippen molar-refractivity contribution in [2.24, 2.45) is 0 Å². The quantitative estimate of drug-likeness (QED) is 0.835. The van der Waals surface area contributed by atoms with Crippen LogP contribution in [0.3, 0.4) is 0 Å². The Morgan fingerprint density at radius 3 is 2.74 bits per heavy atom. The minimum Gasteiger partial charge on any atom is -0.478 e. The Labute approximate surface area is 113 Å². The average Bonchev–Trinajstić information content (AvgIpc) is 2.74. The van der Waals surface area contributed by atoms with Crippen LogP contribution in [0.5, 0.6) is 0 Å².